The van der Waals surface area contributed by atoms with Crippen LogP contribution < -0.4 is 5.32 Å². The molecule has 2 atom stereocenters. The van der Waals surface area contributed by atoms with Gasteiger partial charge in [0, 0.05) is 6.54 Å². The zero-order valence-electron chi connectivity index (χ0n) is 13.8. The topological polar surface area (TPSA) is 32.3 Å². The molecule has 1 N–H and O–H groups in total. The molecule has 0 radical (unpaired) electrons. The zero-order chi connectivity index (χ0) is 15.4. The van der Waals surface area contributed by atoms with Crippen LogP contribution in [0.3, 0.4) is 0 Å². The van der Waals surface area contributed by atoms with Crippen LogP contribution in [0.2, 0.25) is 0 Å². The average Bonchev–Trinajstić information content (AvgIpc) is 2.71. The number of rotatable bonds is 6. The van der Waals surface area contributed by atoms with Crippen molar-refractivity contribution in [3.63, 3.8) is 0 Å². The van der Waals surface area contributed by atoms with Gasteiger partial charge in [-0.05, 0) is 38.3 Å². The summed E-state index contributed by atoms with van der Waals surface area (Å²) in [6.45, 7) is 9.27. The van der Waals surface area contributed by atoms with E-state index in [9.17, 15) is 4.79 Å². The van der Waals surface area contributed by atoms with E-state index in [1.165, 1.54) is 36.0 Å². The molecule has 1 saturated heterocycles. The van der Waals surface area contributed by atoms with E-state index >= 15 is 0 Å². The Labute approximate surface area is 128 Å². The number of nitrogens with one attached hydrogen (secondary N) is 1. The summed E-state index contributed by atoms with van der Waals surface area (Å²) in [5.74, 6) is 0.233. The maximum Gasteiger partial charge on any atom is 0.241 e. The lowest BCUT2D eigenvalue weighted by Gasteiger charge is -2.26. The number of nitrogens with zero attached hydrogens (tertiary/aromatic N) is 1. The van der Waals surface area contributed by atoms with Crippen molar-refractivity contribution in [1.29, 1.82) is 0 Å². The highest BCUT2D eigenvalue weighted by Gasteiger charge is 2.37. The molecule has 1 heterocycles. The van der Waals surface area contributed by atoms with Crippen molar-refractivity contribution in [2.75, 3.05) is 6.54 Å². The quantitative estimate of drug-likeness (QED) is 0.809. The first-order valence-corrected chi connectivity index (χ1v) is 8.18. The van der Waals surface area contributed by atoms with Crippen molar-refractivity contribution >= 4 is 5.91 Å². The first kappa shape index (κ1) is 16.0. The highest BCUT2D eigenvalue weighted by atomic mass is 16.2. The molecule has 2 rings (SSSR count). The SMILES string of the molecule is CCCCCCN1C(=O)C(C)NC1c1ccc(C)cc1C. The lowest BCUT2D eigenvalue weighted by Crippen LogP contribution is -2.32. The van der Waals surface area contributed by atoms with Crippen LogP contribution in [0.25, 0.3) is 0 Å². The van der Waals surface area contributed by atoms with Gasteiger partial charge in [0.1, 0.15) is 6.17 Å². The summed E-state index contributed by atoms with van der Waals surface area (Å²) < 4.78 is 0. The molecular weight excluding hydrogens is 260 g/mol. The van der Waals surface area contributed by atoms with Gasteiger partial charge >= 0.3 is 0 Å². The molecule has 1 aromatic rings. The van der Waals surface area contributed by atoms with E-state index in [2.05, 4.69) is 44.3 Å². The van der Waals surface area contributed by atoms with E-state index in [0.29, 0.717) is 0 Å². The fourth-order valence-electron chi connectivity index (χ4n) is 3.11. The third kappa shape index (κ3) is 3.65. The Kier molecular flexibility index (Phi) is 5.40. The van der Waals surface area contributed by atoms with Crippen LogP contribution in [0.4, 0.5) is 0 Å². The number of hydrogen-bond donors (Lipinski definition) is 1. The van der Waals surface area contributed by atoms with Gasteiger partial charge in [-0.25, -0.2) is 0 Å². The van der Waals surface area contributed by atoms with Crippen LogP contribution in [-0.2, 0) is 4.79 Å². The summed E-state index contributed by atoms with van der Waals surface area (Å²) in [6, 6.07) is 6.40. The third-order valence-corrected chi connectivity index (χ3v) is 4.35. The van der Waals surface area contributed by atoms with Gasteiger partial charge in [0.15, 0.2) is 0 Å². The van der Waals surface area contributed by atoms with E-state index < -0.39 is 0 Å². The molecule has 1 fully saturated rings. The van der Waals surface area contributed by atoms with Gasteiger partial charge in [-0.2, -0.15) is 0 Å². The molecule has 21 heavy (non-hydrogen) atoms. The molecule has 0 bridgehead atoms. The predicted octanol–water partition coefficient (Wildman–Crippen LogP) is 3.70. The van der Waals surface area contributed by atoms with Gasteiger partial charge in [-0.1, -0.05) is 49.9 Å². The number of amides is 1. The minimum atomic E-state index is -0.0816. The fraction of sp³-hybridized carbons (Fsp3) is 0.611. The molecule has 116 valence electrons. The fourth-order valence-corrected chi connectivity index (χ4v) is 3.11. The molecule has 0 aromatic heterocycles. The van der Waals surface area contributed by atoms with Gasteiger partial charge in [0.2, 0.25) is 5.91 Å². The van der Waals surface area contributed by atoms with Crippen LogP contribution >= 0.6 is 0 Å². The Bertz CT molecular complexity index is 498. The van der Waals surface area contributed by atoms with Crippen LogP contribution in [0, 0.1) is 13.8 Å². The second-order valence-corrected chi connectivity index (χ2v) is 6.24. The molecule has 2 unspecified atom stereocenters. The monoisotopic (exact) mass is 288 g/mol. The van der Waals surface area contributed by atoms with Gasteiger partial charge in [0.25, 0.3) is 0 Å². The van der Waals surface area contributed by atoms with Gasteiger partial charge in [-0.3, -0.25) is 10.1 Å². The Balaban J connectivity index is 2.13. The number of carbonyl (C=O) groups excluding carboxylic acids is 1. The average molecular weight is 288 g/mol. The van der Waals surface area contributed by atoms with Gasteiger partial charge < -0.3 is 4.90 Å². The Morgan fingerprint density at radius 2 is 1.95 bits per heavy atom. The lowest BCUT2D eigenvalue weighted by atomic mass is 10.0. The van der Waals surface area contributed by atoms with Crippen molar-refractivity contribution in [1.82, 2.24) is 10.2 Å². The van der Waals surface area contributed by atoms with Crippen LogP contribution in [0.1, 0.15) is 62.4 Å². The summed E-state index contributed by atoms with van der Waals surface area (Å²) in [6.07, 6.45) is 4.81. The number of hydrogen-bond acceptors (Lipinski definition) is 2. The summed E-state index contributed by atoms with van der Waals surface area (Å²) in [4.78, 5) is 14.4. The van der Waals surface area contributed by atoms with E-state index in [-0.39, 0.29) is 18.1 Å². The first-order chi connectivity index (χ1) is 10.0. The molecule has 0 spiro atoms. The largest absolute Gasteiger partial charge is 0.322 e. The van der Waals surface area contributed by atoms with Crippen LogP contribution in [0.5, 0.6) is 0 Å². The third-order valence-electron chi connectivity index (χ3n) is 4.35. The molecule has 3 heteroatoms. The highest BCUT2D eigenvalue weighted by molar-refractivity contribution is 5.84. The second-order valence-electron chi connectivity index (χ2n) is 6.24. The van der Waals surface area contributed by atoms with E-state index in [0.717, 1.165) is 13.0 Å². The second kappa shape index (κ2) is 7.08. The van der Waals surface area contributed by atoms with E-state index in [1.807, 2.05) is 11.8 Å². The van der Waals surface area contributed by atoms with Gasteiger partial charge in [0.05, 0.1) is 6.04 Å². The Morgan fingerprint density at radius 1 is 1.19 bits per heavy atom. The molecule has 1 aliphatic rings. The normalized spacial score (nSPS) is 22.1. The number of carbonyl (C=O) groups is 1. The summed E-state index contributed by atoms with van der Waals surface area (Å²) in [7, 11) is 0. The maximum atomic E-state index is 12.4. The molecule has 1 aromatic carbocycles. The molecule has 1 aliphatic heterocycles. The van der Waals surface area contributed by atoms with E-state index in [4.69, 9.17) is 0 Å². The molecule has 0 saturated carbocycles. The smallest absolute Gasteiger partial charge is 0.241 e. The first-order valence-electron chi connectivity index (χ1n) is 8.18. The number of benzene rings is 1. The zero-order valence-corrected chi connectivity index (χ0v) is 13.8. The van der Waals surface area contributed by atoms with Crippen molar-refractivity contribution in [3.05, 3.63) is 34.9 Å². The Morgan fingerprint density at radius 3 is 2.62 bits per heavy atom. The number of unbranched alkanes of at least 4 members (excludes halogenated alkanes) is 3. The summed E-state index contributed by atoms with van der Waals surface area (Å²) in [5, 5.41) is 3.45. The maximum absolute atomic E-state index is 12.4. The van der Waals surface area contributed by atoms with Crippen molar-refractivity contribution in [3.8, 4) is 0 Å². The van der Waals surface area contributed by atoms with Crippen molar-refractivity contribution in [2.24, 2.45) is 0 Å². The summed E-state index contributed by atoms with van der Waals surface area (Å²) >= 11 is 0. The Hall–Kier alpha value is -1.35. The summed E-state index contributed by atoms with van der Waals surface area (Å²) in [5.41, 5.74) is 3.75. The van der Waals surface area contributed by atoms with Crippen molar-refractivity contribution in [2.45, 2.75) is 65.6 Å². The standard InChI is InChI=1S/C18H28N2O/c1-5-6-7-8-11-20-17(19-15(4)18(20)21)16-10-9-13(2)12-14(16)3/h9-10,12,15,17,19H,5-8,11H2,1-4H3. The minimum Gasteiger partial charge on any atom is -0.322 e. The van der Waals surface area contributed by atoms with E-state index in [1.54, 1.807) is 0 Å². The predicted molar refractivity (Wildman–Crippen MR) is 87.1 cm³/mol. The molecule has 3 nitrogen and oxygen atoms in total. The van der Waals surface area contributed by atoms with Crippen LogP contribution in [0.15, 0.2) is 18.2 Å². The molecule has 0 aliphatic carbocycles. The van der Waals surface area contributed by atoms with Crippen molar-refractivity contribution < 1.29 is 4.79 Å². The molecular formula is C18H28N2O. The van der Waals surface area contributed by atoms with Gasteiger partial charge in [-0.15, -0.1) is 0 Å². The minimum absolute atomic E-state index is 0.0368. The molecule has 1 amide bonds. The highest BCUT2D eigenvalue weighted by Crippen LogP contribution is 2.28. The number of aryl methyl sites for hydroxylation is 2. The van der Waals surface area contributed by atoms with Crippen LogP contribution in [-0.4, -0.2) is 23.4 Å². The lowest BCUT2D eigenvalue weighted by molar-refractivity contribution is -0.129.